The van der Waals surface area contributed by atoms with Crippen molar-refractivity contribution in [3.63, 3.8) is 0 Å². The Morgan fingerprint density at radius 3 is 2.95 bits per heavy atom. The number of hydrogen-bond donors (Lipinski definition) is 2. The van der Waals surface area contributed by atoms with Crippen LogP contribution in [0.1, 0.15) is 35.3 Å². The van der Waals surface area contributed by atoms with Crippen molar-refractivity contribution in [3.05, 3.63) is 47.4 Å². The third-order valence-electron chi connectivity index (χ3n) is 3.77. The Labute approximate surface area is 117 Å². The number of nitrogens with two attached hydrogens (primary N) is 1. The summed E-state index contributed by atoms with van der Waals surface area (Å²) in [7, 11) is 1.57. The molecule has 0 aliphatic heterocycles. The van der Waals surface area contributed by atoms with Gasteiger partial charge in [-0.25, -0.2) is 0 Å². The molecule has 0 saturated carbocycles. The average Bonchev–Trinajstić information content (AvgIpc) is 2.93. The molecule has 1 aliphatic carbocycles. The smallest absolute Gasteiger partial charge is 0.233 e. The molecule has 0 saturated heterocycles. The van der Waals surface area contributed by atoms with E-state index in [1.165, 1.54) is 5.56 Å². The lowest BCUT2D eigenvalue weighted by Gasteiger charge is -2.22. The van der Waals surface area contributed by atoms with Gasteiger partial charge in [0.2, 0.25) is 5.88 Å². The summed E-state index contributed by atoms with van der Waals surface area (Å²) >= 11 is 0. The molecule has 1 aliphatic rings. The van der Waals surface area contributed by atoms with Crippen molar-refractivity contribution in [1.29, 1.82) is 0 Å². The number of nitrogens with zero attached hydrogens (tertiary/aromatic N) is 3. The van der Waals surface area contributed by atoms with E-state index in [-0.39, 0.29) is 12.0 Å². The van der Waals surface area contributed by atoms with Gasteiger partial charge in [0.05, 0.1) is 18.8 Å². The molecular formula is C14H17N5O. The van der Waals surface area contributed by atoms with Crippen LogP contribution < -0.4 is 16.0 Å². The van der Waals surface area contributed by atoms with E-state index < -0.39 is 0 Å². The minimum absolute atomic E-state index is 0.0930. The van der Waals surface area contributed by atoms with E-state index in [0.717, 1.165) is 24.2 Å². The molecule has 6 nitrogen and oxygen atoms in total. The molecule has 0 aromatic carbocycles. The number of pyridine rings is 1. The van der Waals surface area contributed by atoms with Gasteiger partial charge in [0, 0.05) is 23.9 Å². The van der Waals surface area contributed by atoms with Crippen LogP contribution in [0.5, 0.6) is 5.88 Å². The molecule has 3 N–H and O–H groups in total. The van der Waals surface area contributed by atoms with Crippen molar-refractivity contribution in [3.8, 4) is 5.88 Å². The van der Waals surface area contributed by atoms with E-state index in [2.05, 4.69) is 26.7 Å². The summed E-state index contributed by atoms with van der Waals surface area (Å²) in [6, 6.07) is 7.68. The first kappa shape index (κ1) is 13.0. The summed E-state index contributed by atoms with van der Waals surface area (Å²) in [5, 5.41) is 8.20. The number of methoxy groups -OCH3 is 1. The van der Waals surface area contributed by atoms with Crippen LogP contribution in [0, 0.1) is 0 Å². The van der Waals surface area contributed by atoms with Crippen LogP contribution in [0.2, 0.25) is 0 Å². The predicted molar refractivity (Wildman–Crippen MR) is 73.9 cm³/mol. The molecule has 20 heavy (non-hydrogen) atoms. The van der Waals surface area contributed by atoms with Gasteiger partial charge in [-0.05, 0) is 30.5 Å². The monoisotopic (exact) mass is 271 g/mol. The average molecular weight is 271 g/mol. The lowest BCUT2D eigenvalue weighted by atomic mass is 9.94. The van der Waals surface area contributed by atoms with Gasteiger partial charge in [-0.15, -0.1) is 5.10 Å². The second-order valence-corrected chi connectivity index (χ2v) is 4.84. The first-order valence-corrected chi connectivity index (χ1v) is 6.61. The molecule has 0 spiro atoms. The molecule has 0 fully saturated rings. The summed E-state index contributed by atoms with van der Waals surface area (Å²) < 4.78 is 5.03. The lowest BCUT2D eigenvalue weighted by Crippen LogP contribution is -2.33. The minimum atomic E-state index is -0.0930. The van der Waals surface area contributed by atoms with Crippen molar-refractivity contribution < 1.29 is 4.74 Å². The van der Waals surface area contributed by atoms with Crippen LogP contribution >= 0.6 is 0 Å². The van der Waals surface area contributed by atoms with E-state index >= 15 is 0 Å². The van der Waals surface area contributed by atoms with E-state index in [1.807, 2.05) is 18.3 Å². The second kappa shape index (κ2) is 5.52. The summed E-state index contributed by atoms with van der Waals surface area (Å²) in [5.74, 6) is 6.45. The van der Waals surface area contributed by atoms with Gasteiger partial charge >= 0.3 is 0 Å². The van der Waals surface area contributed by atoms with Crippen molar-refractivity contribution in [2.24, 2.45) is 5.84 Å². The van der Waals surface area contributed by atoms with Crippen molar-refractivity contribution in [2.45, 2.75) is 24.8 Å². The van der Waals surface area contributed by atoms with Crippen LogP contribution in [-0.2, 0) is 6.42 Å². The van der Waals surface area contributed by atoms with E-state index in [1.54, 1.807) is 13.2 Å². The quantitative estimate of drug-likeness (QED) is 0.640. The third-order valence-corrected chi connectivity index (χ3v) is 3.77. The number of aromatic nitrogens is 3. The Morgan fingerprint density at radius 2 is 2.25 bits per heavy atom. The number of rotatable bonds is 4. The Bertz CT molecular complexity index is 586. The van der Waals surface area contributed by atoms with Crippen molar-refractivity contribution in [2.75, 3.05) is 7.11 Å². The Hall–Kier alpha value is -2.05. The van der Waals surface area contributed by atoms with Crippen LogP contribution in [0.4, 0.5) is 0 Å². The van der Waals surface area contributed by atoms with Crippen LogP contribution in [0.15, 0.2) is 30.5 Å². The maximum atomic E-state index is 5.74. The molecule has 104 valence electrons. The van der Waals surface area contributed by atoms with Crippen molar-refractivity contribution in [1.82, 2.24) is 20.6 Å². The number of fused-ring (bicyclic) bond motifs is 1. The summed E-state index contributed by atoms with van der Waals surface area (Å²) in [5.41, 5.74) is 6.05. The Morgan fingerprint density at radius 1 is 1.35 bits per heavy atom. The third kappa shape index (κ3) is 2.23. The largest absolute Gasteiger partial charge is 0.480 e. The molecule has 2 atom stereocenters. The fourth-order valence-corrected chi connectivity index (χ4v) is 2.78. The maximum Gasteiger partial charge on any atom is 0.233 e. The number of ether oxygens (including phenoxy) is 1. The van der Waals surface area contributed by atoms with Gasteiger partial charge < -0.3 is 4.74 Å². The predicted octanol–water partition coefficient (Wildman–Crippen LogP) is 1.11. The number of hydrazine groups is 1. The van der Waals surface area contributed by atoms with Crippen LogP contribution in [0.25, 0.3) is 0 Å². The normalized spacial score (nSPS) is 18.6. The molecule has 0 radical (unpaired) electrons. The summed E-state index contributed by atoms with van der Waals surface area (Å²) in [6.45, 7) is 0. The van der Waals surface area contributed by atoms with E-state index in [0.29, 0.717) is 5.88 Å². The minimum Gasteiger partial charge on any atom is -0.480 e. The molecule has 6 heteroatoms. The van der Waals surface area contributed by atoms with Crippen LogP contribution in [0.3, 0.4) is 0 Å². The SMILES string of the molecule is COc1ccc(C(NN)C2CCc3cccnc32)nn1. The first-order valence-electron chi connectivity index (χ1n) is 6.61. The zero-order chi connectivity index (χ0) is 13.9. The summed E-state index contributed by atoms with van der Waals surface area (Å²) in [6.07, 6.45) is 3.86. The maximum absolute atomic E-state index is 5.74. The van der Waals surface area contributed by atoms with E-state index in [4.69, 9.17) is 10.6 Å². The van der Waals surface area contributed by atoms with Gasteiger partial charge in [-0.2, -0.15) is 5.10 Å². The highest BCUT2D eigenvalue weighted by Gasteiger charge is 2.32. The lowest BCUT2D eigenvalue weighted by molar-refractivity contribution is 0.385. The highest BCUT2D eigenvalue weighted by Crippen LogP contribution is 2.39. The molecule has 2 aromatic rings. The van der Waals surface area contributed by atoms with Gasteiger partial charge in [0.25, 0.3) is 0 Å². The van der Waals surface area contributed by atoms with Gasteiger partial charge in [0.1, 0.15) is 0 Å². The number of nitrogens with one attached hydrogen (secondary N) is 1. The molecule has 2 aromatic heterocycles. The molecule has 0 amide bonds. The molecule has 2 unspecified atom stereocenters. The van der Waals surface area contributed by atoms with Gasteiger partial charge in [-0.1, -0.05) is 6.07 Å². The van der Waals surface area contributed by atoms with Gasteiger partial charge in [-0.3, -0.25) is 16.3 Å². The Balaban J connectivity index is 1.90. The first-order chi connectivity index (χ1) is 9.83. The molecule has 2 heterocycles. The van der Waals surface area contributed by atoms with Crippen LogP contribution in [-0.4, -0.2) is 22.3 Å². The highest BCUT2D eigenvalue weighted by atomic mass is 16.5. The molecular weight excluding hydrogens is 254 g/mol. The number of hydrogen-bond acceptors (Lipinski definition) is 6. The Kier molecular flexibility index (Phi) is 3.58. The summed E-state index contributed by atoms with van der Waals surface area (Å²) in [4.78, 5) is 4.50. The second-order valence-electron chi connectivity index (χ2n) is 4.84. The highest BCUT2D eigenvalue weighted by molar-refractivity contribution is 5.32. The van der Waals surface area contributed by atoms with Gasteiger partial charge in [0.15, 0.2) is 0 Å². The zero-order valence-corrected chi connectivity index (χ0v) is 11.3. The fraction of sp³-hybridized carbons (Fsp3) is 0.357. The fourth-order valence-electron chi connectivity index (χ4n) is 2.78. The van der Waals surface area contributed by atoms with Crippen molar-refractivity contribution >= 4 is 0 Å². The molecule has 3 rings (SSSR count). The standard InChI is InChI=1S/C14H17N5O/c1-20-12-7-6-11(18-19-12)14(17-15)10-5-4-9-3-2-8-16-13(9)10/h2-3,6-8,10,14,17H,4-5,15H2,1H3. The molecule has 0 bridgehead atoms. The zero-order valence-electron chi connectivity index (χ0n) is 11.3. The number of aryl methyl sites for hydroxylation is 1. The van der Waals surface area contributed by atoms with E-state index in [9.17, 15) is 0 Å². The topological polar surface area (TPSA) is 86.0 Å².